The standard InChI is InChI=1S/C22H20N4O6/c1-32-18-6-2-14(3-7-18)23-12-17(27)13-24-21-8-4-15(25(28)29)10-19(21)20-11-16(26(30)31)5-9-22(20)24/h2-11,17,23,27H,12-13H2,1H3. The third kappa shape index (κ3) is 4.03. The zero-order valence-corrected chi connectivity index (χ0v) is 17.1. The lowest BCUT2D eigenvalue weighted by Crippen LogP contribution is -2.24. The summed E-state index contributed by atoms with van der Waals surface area (Å²) in [5.74, 6) is 0.726. The van der Waals surface area contributed by atoms with Crippen LogP contribution in [0.2, 0.25) is 0 Å². The number of nitro groups is 2. The van der Waals surface area contributed by atoms with Crippen molar-refractivity contribution in [2.45, 2.75) is 12.6 Å². The number of non-ortho nitro benzene ring substituents is 2. The SMILES string of the molecule is COc1ccc(NCC(O)Cn2c3ccc([N+](=O)[O-])cc3c3cc([N+](=O)[O-])ccc32)cc1. The van der Waals surface area contributed by atoms with E-state index in [4.69, 9.17) is 4.74 Å². The first-order valence-electron chi connectivity index (χ1n) is 9.78. The number of fused-ring (bicyclic) bond motifs is 3. The van der Waals surface area contributed by atoms with Crippen LogP contribution in [0.3, 0.4) is 0 Å². The Morgan fingerprint density at radius 2 is 1.47 bits per heavy atom. The van der Waals surface area contributed by atoms with Gasteiger partial charge in [-0.25, -0.2) is 0 Å². The van der Waals surface area contributed by atoms with Gasteiger partial charge in [0.05, 0.1) is 29.6 Å². The van der Waals surface area contributed by atoms with Crippen molar-refractivity contribution in [3.63, 3.8) is 0 Å². The summed E-state index contributed by atoms with van der Waals surface area (Å²) in [7, 11) is 1.58. The molecule has 10 nitrogen and oxygen atoms in total. The number of aromatic nitrogens is 1. The Morgan fingerprint density at radius 1 is 0.938 bits per heavy atom. The number of nitrogens with zero attached hydrogens (tertiary/aromatic N) is 3. The maximum atomic E-state index is 11.2. The summed E-state index contributed by atoms with van der Waals surface area (Å²) in [6.07, 6.45) is -0.790. The highest BCUT2D eigenvalue weighted by Gasteiger charge is 2.19. The molecule has 0 radical (unpaired) electrons. The fourth-order valence-electron chi connectivity index (χ4n) is 3.72. The first-order valence-corrected chi connectivity index (χ1v) is 9.78. The molecule has 0 aliphatic heterocycles. The third-order valence-corrected chi connectivity index (χ3v) is 5.28. The highest BCUT2D eigenvalue weighted by molar-refractivity contribution is 6.09. The molecule has 0 saturated carbocycles. The van der Waals surface area contributed by atoms with Gasteiger partial charge in [-0.2, -0.15) is 0 Å². The Bertz CT molecular complexity index is 1240. The van der Waals surface area contributed by atoms with E-state index in [1.165, 1.54) is 24.3 Å². The lowest BCUT2D eigenvalue weighted by molar-refractivity contribution is -0.385. The lowest BCUT2D eigenvalue weighted by Gasteiger charge is -2.16. The van der Waals surface area contributed by atoms with Crippen molar-refractivity contribution in [2.75, 3.05) is 19.0 Å². The number of hydrogen-bond donors (Lipinski definition) is 2. The number of benzene rings is 3. The number of ether oxygens (including phenoxy) is 1. The van der Waals surface area contributed by atoms with Crippen molar-refractivity contribution in [2.24, 2.45) is 0 Å². The molecule has 0 bridgehead atoms. The Kier molecular flexibility index (Phi) is 5.61. The van der Waals surface area contributed by atoms with Crippen molar-refractivity contribution in [3.8, 4) is 5.75 Å². The summed E-state index contributed by atoms with van der Waals surface area (Å²) < 4.78 is 6.95. The van der Waals surface area contributed by atoms with E-state index in [0.29, 0.717) is 21.8 Å². The van der Waals surface area contributed by atoms with Crippen molar-refractivity contribution in [1.29, 1.82) is 0 Å². The minimum Gasteiger partial charge on any atom is -0.497 e. The van der Waals surface area contributed by atoms with Gasteiger partial charge >= 0.3 is 0 Å². The van der Waals surface area contributed by atoms with E-state index in [1.54, 1.807) is 19.2 Å². The van der Waals surface area contributed by atoms with Gasteiger partial charge in [0.15, 0.2) is 0 Å². The van der Waals surface area contributed by atoms with Crippen LogP contribution in [0.25, 0.3) is 21.8 Å². The third-order valence-electron chi connectivity index (χ3n) is 5.28. The summed E-state index contributed by atoms with van der Waals surface area (Å²) in [6, 6.07) is 16.1. The molecular weight excluding hydrogens is 416 g/mol. The molecule has 3 aromatic carbocycles. The number of anilines is 1. The monoisotopic (exact) mass is 436 g/mol. The number of nitro benzene ring substituents is 2. The fraction of sp³-hybridized carbons (Fsp3) is 0.182. The largest absolute Gasteiger partial charge is 0.497 e. The van der Waals surface area contributed by atoms with Gasteiger partial charge in [-0.1, -0.05) is 0 Å². The molecule has 0 aliphatic rings. The summed E-state index contributed by atoms with van der Waals surface area (Å²) in [5, 5.41) is 37.3. The van der Waals surface area contributed by atoms with Gasteiger partial charge in [0.1, 0.15) is 5.75 Å². The number of hydrogen-bond acceptors (Lipinski definition) is 7. The second kappa shape index (κ2) is 8.52. The Labute approximate surface area is 181 Å². The molecule has 1 atom stereocenters. The van der Waals surface area contributed by atoms with Crippen LogP contribution in [-0.4, -0.2) is 39.3 Å². The average Bonchev–Trinajstić information content (AvgIpc) is 3.10. The molecule has 0 amide bonds. The minimum absolute atomic E-state index is 0.107. The van der Waals surface area contributed by atoms with E-state index in [-0.39, 0.29) is 24.5 Å². The van der Waals surface area contributed by atoms with Gasteiger partial charge in [0.25, 0.3) is 11.4 Å². The van der Waals surface area contributed by atoms with E-state index < -0.39 is 16.0 Å². The first kappa shape index (κ1) is 21.1. The van der Waals surface area contributed by atoms with E-state index in [0.717, 1.165) is 11.4 Å². The predicted molar refractivity (Wildman–Crippen MR) is 120 cm³/mol. The smallest absolute Gasteiger partial charge is 0.270 e. The second-order valence-corrected chi connectivity index (χ2v) is 7.29. The van der Waals surface area contributed by atoms with Gasteiger partial charge in [-0.3, -0.25) is 20.2 Å². The van der Waals surface area contributed by atoms with Crippen LogP contribution < -0.4 is 10.1 Å². The van der Waals surface area contributed by atoms with Crippen LogP contribution in [0.1, 0.15) is 0 Å². The van der Waals surface area contributed by atoms with Crippen molar-refractivity contribution < 1.29 is 19.7 Å². The molecule has 1 aromatic heterocycles. The molecule has 10 heteroatoms. The maximum absolute atomic E-state index is 11.2. The topological polar surface area (TPSA) is 133 Å². The highest BCUT2D eigenvalue weighted by Crippen LogP contribution is 2.34. The van der Waals surface area contributed by atoms with Crippen LogP contribution in [0.15, 0.2) is 60.7 Å². The van der Waals surface area contributed by atoms with E-state index in [9.17, 15) is 25.3 Å². The number of rotatable bonds is 8. The molecule has 4 rings (SSSR count). The molecule has 0 fully saturated rings. The van der Waals surface area contributed by atoms with Crippen molar-refractivity contribution in [1.82, 2.24) is 4.57 Å². The van der Waals surface area contributed by atoms with E-state index >= 15 is 0 Å². The fourth-order valence-corrected chi connectivity index (χ4v) is 3.72. The van der Waals surface area contributed by atoms with Gasteiger partial charge in [-0.05, 0) is 36.4 Å². The highest BCUT2D eigenvalue weighted by atomic mass is 16.6. The maximum Gasteiger partial charge on any atom is 0.270 e. The average molecular weight is 436 g/mol. The summed E-state index contributed by atoms with van der Waals surface area (Å²) in [5.41, 5.74) is 1.90. The minimum atomic E-state index is -0.790. The second-order valence-electron chi connectivity index (χ2n) is 7.29. The van der Waals surface area contributed by atoms with Crippen molar-refractivity contribution in [3.05, 3.63) is 80.9 Å². The van der Waals surface area contributed by atoms with Crippen LogP contribution in [0, 0.1) is 20.2 Å². The molecule has 2 N–H and O–H groups in total. The Hall–Kier alpha value is -4.18. The molecule has 0 spiro atoms. The molecular formula is C22H20N4O6. The molecule has 1 heterocycles. The molecule has 0 aliphatic carbocycles. The molecule has 32 heavy (non-hydrogen) atoms. The molecule has 164 valence electrons. The molecule has 4 aromatic rings. The van der Waals surface area contributed by atoms with Crippen LogP contribution in [0.4, 0.5) is 17.1 Å². The summed E-state index contributed by atoms with van der Waals surface area (Å²) in [6.45, 7) is 0.451. The van der Waals surface area contributed by atoms with Crippen LogP contribution in [-0.2, 0) is 6.54 Å². The number of aliphatic hydroxyl groups excluding tert-OH is 1. The van der Waals surface area contributed by atoms with Crippen LogP contribution >= 0.6 is 0 Å². The number of methoxy groups -OCH3 is 1. The van der Waals surface area contributed by atoms with Gasteiger partial charge in [0, 0.05) is 58.3 Å². The van der Waals surface area contributed by atoms with Gasteiger partial charge in [0.2, 0.25) is 0 Å². The quantitative estimate of drug-likeness (QED) is 0.314. The normalized spacial score (nSPS) is 12.1. The first-order chi connectivity index (χ1) is 15.4. The number of aliphatic hydroxyl groups is 1. The lowest BCUT2D eigenvalue weighted by atomic mass is 10.1. The zero-order valence-electron chi connectivity index (χ0n) is 17.1. The van der Waals surface area contributed by atoms with Crippen molar-refractivity contribution >= 4 is 38.9 Å². The van der Waals surface area contributed by atoms with Gasteiger partial charge in [-0.15, -0.1) is 0 Å². The molecule has 0 saturated heterocycles. The van der Waals surface area contributed by atoms with E-state index in [1.807, 2.05) is 28.8 Å². The molecule has 1 unspecified atom stereocenters. The van der Waals surface area contributed by atoms with E-state index in [2.05, 4.69) is 5.32 Å². The Balaban J connectivity index is 1.66. The summed E-state index contributed by atoms with van der Waals surface area (Å²) >= 11 is 0. The Morgan fingerprint density at radius 3 is 1.94 bits per heavy atom. The van der Waals surface area contributed by atoms with Gasteiger partial charge < -0.3 is 19.7 Å². The summed E-state index contributed by atoms with van der Waals surface area (Å²) in [4.78, 5) is 21.5. The number of nitrogens with one attached hydrogen (secondary N) is 1. The zero-order chi connectivity index (χ0) is 22.8. The van der Waals surface area contributed by atoms with Crippen LogP contribution in [0.5, 0.6) is 5.75 Å². The predicted octanol–water partition coefficient (Wildman–Crippen LogP) is 4.09.